The lowest BCUT2D eigenvalue weighted by molar-refractivity contribution is -0.146. The van der Waals surface area contributed by atoms with Crippen LogP contribution in [0, 0.1) is 0 Å². The molecule has 1 amide bonds. The second kappa shape index (κ2) is 7.66. The van der Waals surface area contributed by atoms with Crippen LogP contribution in [-0.4, -0.2) is 34.1 Å². The number of aliphatic carboxylic acids is 2. The number of hydrogen-bond acceptors (Lipinski definition) is 3. The fourth-order valence-corrected chi connectivity index (χ4v) is 1.76. The summed E-state index contributed by atoms with van der Waals surface area (Å²) in [5.41, 5.74) is 0.476. The molecule has 0 bridgehead atoms. The Labute approximate surface area is 130 Å². The minimum Gasteiger partial charge on any atom is -0.481 e. The normalized spacial score (nSPS) is 12.1. The molecule has 0 unspecified atom stereocenters. The van der Waals surface area contributed by atoms with Crippen molar-refractivity contribution in [2.45, 2.75) is 12.5 Å². The molecule has 0 aliphatic rings. The molecule has 0 fully saturated rings. The highest BCUT2D eigenvalue weighted by atomic mass is 35.5. The van der Waals surface area contributed by atoms with Gasteiger partial charge in [-0.05, 0) is 29.8 Å². The first-order valence-electron chi connectivity index (χ1n) is 5.68. The van der Waals surface area contributed by atoms with Crippen LogP contribution >= 0.6 is 23.2 Å². The highest BCUT2D eigenvalue weighted by Gasteiger charge is 2.21. The summed E-state index contributed by atoms with van der Waals surface area (Å²) in [7, 11) is 0. The average Bonchev–Trinajstić information content (AvgIpc) is 2.38. The van der Waals surface area contributed by atoms with Gasteiger partial charge in [0.2, 0.25) is 5.91 Å². The Bertz CT molecular complexity index is 600. The lowest BCUT2D eigenvalue weighted by atomic mass is 10.2. The van der Waals surface area contributed by atoms with Gasteiger partial charge in [-0.3, -0.25) is 9.59 Å². The lowest BCUT2D eigenvalue weighted by Gasteiger charge is -2.10. The molecular formula is C13H11Cl2NO5. The smallest absolute Gasteiger partial charge is 0.326 e. The minimum atomic E-state index is -1.51. The van der Waals surface area contributed by atoms with Crippen LogP contribution in [0.2, 0.25) is 10.0 Å². The van der Waals surface area contributed by atoms with Crippen molar-refractivity contribution in [3.05, 3.63) is 39.9 Å². The number of carbonyl (C=O) groups is 3. The van der Waals surface area contributed by atoms with E-state index in [1.807, 2.05) is 0 Å². The Balaban J connectivity index is 2.75. The van der Waals surface area contributed by atoms with Crippen LogP contribution in [0.3, 0.4) is 0 Å². The molecule has 0 aliphatic carbocycles. The Morgan fingerprint density at radius 3 is 2.48 bits per heavy atom. The molecule has 112 valence electrons. The molecule has 3 N–H and O–H groups in total. The van der Waals surface area contributed by atoms with Gasteiger partial charge in [-0.25, -0.2) is 4.79 Å². The Morgan fingerprint density at radius 1 is 1.24 bits per heavy atom. The zero-order chi connectivity index (χ0) is 16.0. The maximum Gasteiger partial charge on any atom is 0.326 e. The summed E-state index contributed by atoms with van der Waals surface area (Å²) in [6.07, 6.45) is 1.69. The van der Waals surface area contributed by atoms with Crippen LogP contribution in [0.4, 0.5) is 0 Å². The van der Waals surface area contributed by atoms with E-state index >= 15 is 0 Å². The van der Waals surface area contributed by atoms with Crippen LogP contribution < -0.4 is 5.32 Å². The maximum atomic E-state index is 11.6. The van der Waals surface area contributed by atoms with Crippen molar-refractivity contribution < 1.29 is 24.6 Å². The van der Waals surface area contributed by atoms with Crippen LogP contribution in [0.15, 0.2) is 24.3 Å². The quantitative estimate of drug-likeness (QED) is 0.692. The molecule has 21 heavy (non-hydrogen) atoms. The van der Waals surface area contributed by atoms with E-state index in [9.17, 15) is 14.4 Å². The number of amides is 1. The number of nitrogens with one attached hydrogen (secondary N) is 1. The Kier molecular flexibility index (Phi) is 6.20. The van der Waals surface area contributed by atoms with E-state index in [0.29, 0.717) is 15.6 Å². The van der Waals surface area contributed by atoms with Crippen molar-refractivity contribution >= 4 is 47.1 Å². The number of carboxylic acids is 2. The second-order valence-corrected chi connectivity index (χ2v) is 4.84. The van der Waals surface area contributed by atoms with Gasteiger partial charge in [0.05, 0.1) is 6.42 Å². The first-order valence-corrected chi connectivity index (χ1v) is 6.43. The SMILES string of the molecule is O=C(O)C[C@H](NC(=O)/C=C/c1cc(Cl)ccc1Cl)C(=O)O. The summed E-state index contributed by atoms with van der Waals surface area (Å²) in [4.78, 5) is 32.9. The van der Waals surface area contributed by atoms with Gasteiger partial charge in [-0.2, -0.15) is 0 Å². The standard InChI is InChI=1S/C13H11Cl2NO5/c14-8-2-3-9(15)7(5-8)1-4-11(17)16-10(13(20)21)6-12(18)19/h1-5,10H,6H2,(H,16,17)(H,18,19)(H,20,21)/b4-1+/t10-/m0/s1. The highest BCUT2D eigenvalue weighted by Crippen LogP contribution is 2.21. The predicted octanol–water partition coefficient (Wildman–Crippen LogP) is 2.05. The van der Waals surface area contributed by atoms with Crippen molar-refractivity contribution in [2.75, 3.05) is 0 Å². The first-order chi connectivity index (χ1) is 9.79. The van der Waals surface area contributed by atoms with Gasteiger partial charge in [0.25, 0.3) is 0 Å². The molecule has 0 aromatic heterocycles. The Hall–Kier alpha value is -2.05. The van der Waals surface area contributed by atoms with E-state index < -0.39 is 30.3 Å². The van der Waals surface area contributed by atoms with Gasteiger partial charge in [0.1, 0.15) is 6.04 Å². The fourth-order valence-electron chi connectivity index (χ4n) is 1.40. The van der Waals surface area contributed by atoms with Crippen LogP contribution in [0.1, 0.15) is 12.0 Å². The van der Waals surface area contributed by atoms with E-state index in [1.54, 1.807) is 12.1 Å². The highest BCUT2D eigenvalue weighted by molar-refractivity contribution is 6.34. The van der Waals surface area contributed by atoms with E-state index in [1.165, 1.54) is 12.1 Å². The second-order valence-electron chi connectivity index (χ2n) is 4.00. The van der Waals surface area contributed by atoms with E-state index in [4.69, 9.17) is 33.4 Å². The molecule has 0 saturated heterocycles. The first kappa shape index (κ1) is 17.0. The molecule has 1 aromatic rings. The molecule has 0 heterocycles. The van der Waals surface area contributed by atoms with Crippen molar-refractivity contribution in [3.63, 3.8) is 0 Å². The number of rotatable bonds is 6. The number of carboxylic acid groups (broad SMARTS) is 2. The molecule has 8 heteroatoms. The predicted molar refractivity (Wildman–Crippen MR) is 77.3 cm³/mol. The van der Waals surface area contributed by atoms with Crippen molar-refractivity contribution in [2.24, 2.45) is 0 Å². The van der Waals surface area contributed by atoms with Crippen LogP contribution in [-0.2, 0) is 14.4 Å². The van der Waals surface area contributed by atoms with Gasteiger partial charge in [0.15, 0.2) is 0 Å². The molecule has 6 nitrogen and oxygen atoms in total. The van der Waals surface area contributed by atoms with E-state index in [0.717, 1.165) is 6.08 Å². The van der Waals surface area contributed by atoms with Crippen molar-refractivity contribution in [1.82, 2.24) is 5.32 Å². The zero-order valence-electron chi connectivity index (χ0n) is 10.5. The van der Waals surface area contributed by atoms with E-state index in [-0.39, 0.29) is 0 Å². The molecule has 0 spiro atoms. The third-order valence-electron chi connectivity index (χ3n) is 2.37. The minimum absolute atomic E-state index is 0.365. The summed E-state index contributed by atoms with van der Waals surface area (Å²) in [6, 6.07) is 3.15. The number of hydrogen-bond donors (Lipinski definition) is 3. The largest absolute Gasteiger partial charge is 0.481 e. The molecule has 1 rings (SSSR count). The number of carbonyl (C=O) groups excluding carboxylic acids is 1. The van der Waals surface area contributed by atoms with Crippen molar-refractivity contribution in [1.29, 1.82) is 0 Å². The molecular weight excluding hydrogens is 321 g/mol. The molecule has 1 atom stereocenters. The van der Waals surface area contributed by atoms with Gasteiger partial charge >= 0.3 is 11.9 Å². The summed E-state index contributed by atoms with van der Waals surface area (Å²) in [5, 5.41) is 20.2. The summed E-state index contributed by atoms with van der Waals surface area (Å²) in [6.45, 7) is 0. The maximum absolute atomic E-state index is 11.6. The number of benzene rings is 1. The Morgan fingerprint density at radius 2 is 1.90 bits per heavy atom. The van der Waals surface area contributed by atoms with Gasteiger partial charge in [-0.1, -0.05) is 23.2 Å². The molecule has 1 aromatic carbocycles. The summed E-state index contributed by atoms with van der Waals surface area (Å²) in [5.74, 6) is -3.51. The topological polar surface area (TPSA) is 104 Å². The fraction of sp³-hybridized carbons (Fsp3) is 0.154. The third kappa shape index (κ3) is 5.85. The van der Waals surface area contributed by atoms with Gasteiger partial charge < -0.3 is 15.5 Å². The summed E-state index contributed by atoms with van der Waals surface area (Å²) >= 11 is 11.7. The number of halogens is 2. The molecule has 0 aliphatic heterocycles. The van der Waals surface area contributed by atoms with Crippen LogP contribution in [0.5, 0.6) is 0 Å². The van der Waals surface area contributed by atoms with Gasteiger partial charge in [-0.15, -0.1) is 0 Å². The zero-order valence-corrected chi connectivity index (χ0v) is 12.1. The van der Waals surface area contributed by atoms with Crippen molar-refractivity contribution in [3.8, 4) is 0 Å². The molecule has 0 saturated carbocycles. The van der Waals surface area contributed by atoms with Gasteiger partial charge in [0, 0.05) is 16.1 Å². The van der Waals surface area contributed by atoms with E-state index in [2.05, 4.69) is 5.32 Å². The average molecular weight is 332 g/mol. The summed E-state index contributed by atoms with van der Waals surface area (Å²) < 4.78 is 0. The lowest BCUT2D eigenvalue weighted by Crippen LogP contribution is -2.41. The third-order valence-corrected chi connectivity index (χ3v) is 2.94. The van der Waals surface area contributed by atoms with Crippen LogP contribution in [0.25, 0.3) is 6.08 Å². The monoisotopic (exact) mass is 331 g/mol. The molecule has 0 radical (unpaired) electrons.